The van der Waals surface area contributed by atoms with Gasteiger partial charge in [-0.1, -0.05) is 12.8 Å². The Balaban J connectivity index is 2.09. The highest BCUT2D eigenvalue weighted by Gasteiger charge is 2.29. The number of hydrogen-bond acceptors (Lipinski definition) is 4. The van der Waals surface area contributed by atoms with E-state index in [4.69, 9.17) is 0 Å². The second-order valence-electron chi connectivity index (χ2n) is 5.16. The maximum atomic E-state index is 12.2. The van der Waals surface area contributed by atoms with E-state index in [2.05, 4.69) is 5.10 Å². The van der Waals surface area contributed by atoms with E-state index in [-0.39, 0.29) is 18.5 Å². The molecule has 1 aliphatic carbocycles. The Hall–Kier alpha value is -1.89. The van der Waals surface area contributed by atoms with Gasteiger partial charge < -0.3 is 10.0 Å². The van der Waals surface area contributed by atoms with Gasteiger partial charge in [-0.15, -0.1) is 0 Å². The molecule has 7 nitrogen and oxygen atoms in total. The van der Waals surface area contributed by atoms with E-state index < -0.39 is 17.2 Å². The molecule has 1 amide bonds. The summed E-state index contributed by atoms with van der Waals surface area (Å²) < 4.78 is 0.983. The van der Waals surface area contributed by atoms with Crippen LogP contribution in [0.2, 0.25) is 0 Å². The van der Waals surface area contributed by atoms with Crippen LogP contribution >= 0.6 is 0 Å². The summed E-state index contributed by atoms with van der Waals surface area (Å²) in [5.41, 5.74) is -0.867. The number of likely N-dealkylation sites (N-methyl/N-ethyl adjacent to an activating group) is 1. The number of aromatic amines is 1. The fourth-order valence-electron chi connectivity index (χ4n) is 2.56. The summed E-state index contributed by atoms with van der Waals surface area (Å²) in [4.78, 5) is 36.3. The molecule has 1 fully saturated rings. The predicted octanol–water partition coefficient (Wildman–Crippen LogP) is -0.701. The predicted molar refractivity (Wildman–Crippen MR) is 72.4 cm³/mol. The van der Waals surface area contributed by atoms with Crippen LogP contribution in [0, 0.1) is 0 Å². The van der Waals surface area contributed by atoms with E-state index >= 15 is 0 Å². The summed E-state index contributed by atoms with van der Waals surface area (Å²) in [5, 5.41) is 12.2. The molecule has 1 aromatic heterocycles. The molecule has 7 heteroatoms. The Morgan fingerprint density at radius 3 is 2.80 bits per heavy atom. The minimum absolute atomic E-state index is 0.220. The summed E-state index contributed by atoms with van der Waals surface area (Å²) in [6.45, 7) is -0.228. The molecule has 1 aromatic rings. The number of carbonyl (C=O) groups excluding carboxylic acids is 1. The first-order chi connectivity index (χ1) is 9.49. The molecule has 0 radical (unpaired) electrons. The fraction of sp³-hybridized carbons (Fsp3) is 0.615. The molecule has 1 heterocycles. The maximum absolute atomic E-state index is 12.2. The van der Waals surface area contributed by atoms with Crippen molar-refractivity contribution >= 4 is 5.91 Å². The molecule has 2 unspecified atom stereocenters. The number of rotatable bonds is 3. The average molecular weight is 281 g/mol. The quantitative estimate of drug-likeness (QED) is 0.765. The van der Waals surface area contributed by atoms with Crippen LogP contribution in [0.15, 0.2) is 21.7 Å². The number of H-pyrrole nitrogens is 1. The number of nitrogens with zero attached hydrogens (tertiary/aromatic N) is 2. The lowest BCUT2D eigenvalue weighted by Gasteiger charge is -2.35. The normalized spacial score (nSPS) is 22.5. The number of carbonyl (C=O) groups is 1. The van der Waals surface area contributed by atoms with Gasteiger partial charge in [-0.2, -0.15) is 0 Å². The maximum Gasteiger partial charge on any atom is 0.265 e. The van der Waals surface area contributed by atoms with Crippen molar-refractivity contribution in [2.24, 2.45) is 0 Å². The highest BCUT2D eigenvalue weighted by Crippen LogP contribution is 2.22. The fourth-order valence-corrected chi connectivity index (χ4v) is 2.56. The van der Waals surface area contributed by atoms with Crippen LogP contribution in [-0.2, 0) is 11.3 Å². The van der Waals surface area contributed by atoms with Crippen molar-refractivity contribution in [2.75, 3.05) is 7.05 Å². The molecule has 0 spiro atoms. The zero-order valence-electron chi connectivity index (χ0n) is 11.4. The van der Waals surface area contributed by atoms with E-state index in [0.29, 0.717) is 6.42 Å². The SMILES string of the molecule is CN(C(=O)Cn1[nH]c(=O)ccc1=O)C1CCCCC1O. The van der Waals surface area contributed by atoms with E-state index in [9.17, 15) is 19.5 Å². The third-order valence-electron chi connectivity index (χ3n) is 3.77. The topological polar surface area (TPSA) is 95.4 Å². The summed E-state index contributed by atoms with van der Waals surface area (Å²) in [5.74, 6) is -0.306. The van der Waals surface area contributed by atoms with Crippen LogP contribution in [0.25, 0.3) is 0 Å². The van der Waals surface area contributed by atoms with E-state index in [1.165, 1.54) is 4.90 Å². The molecule has 0 saturated heterocycles. The third kappa shape index (κ3) is 3.16. The van der Waals surface area contributed by atoms with E-state index in [0.717, 1.165) is 36.1 Å². The molecule has 0 aromatic carbocycles. The van der Waals surface area contributed by atoms with Crippen molar-refractivity contribution in [1.29, 1.82) is 0 Å². The number of aromatic nitrogens is 2. The zero-order chi connectivity index (χ0) is 14.7. The highest BCUT2D eigenvalue weighted by molar-refractivity contribution is 5.76. The van der Waals surface area contributed by atoms with Crippen LogP contribution in [0.1, 0.15) is 25.7 Å². The smallest absolute Gasteiger partial charge is 0.265 e. The lowest BCUT2D eigenvalue weighted by molar-refractivity contribution is -0.136. The number of aliphatic hydroxyl groups excluding tert-OH is 1. The molecule has 2 rings (SSSR count). The lowest BCUT2D eigenvalue weighted by atomic mass is 9.91. The van der Waals surface area contributed by atoms with E-state index in [1.807, 2.05) is 0 Å². The van der Waals surface area contributed by atoms with Gasteiger partial charge in [0.15, 0.2) is 0 Å². The monoisotopic (exact) mass is 281 g/mol. The minimum atomic E-state index is -0.524. The van der Waals surface area contributed by atoms with Crippen molar-refractivity contribution in [2.45, 2.75) is 44.4 Å². The second kappa shape index (κ2) is 6.04. The van der Waals surface area contributed by atoms with Gasteiger partial charge in [-0.05, 0) is 12.8 Å². The Kier molecular flexibility index (Phi) is 4.39. The van der Waals surface area contributed by atoms with Gasteiger partial charge in [0.25, 0.3) is 11.1 Å². The standard InChI is InChI=1S/C13H19N3O4/c1-15(9-4-2-3-5-10(9)17)13(20)8-16-12(19)7-6-11(18)14-16/h6-7,9-10,17H,2-5,8H2,1H3,(H,14,18). The van der Waals surface area contributed by atoms with Gasteiger partial charge >= 0.3 is 0 Å². The van der Waals surface area contributed by atoms with Gasteiger partial charge in [0, 0.05) is 19.2 Å². The van der Waals surface area contributed by atoms with Gasteiger partial charge in [-0.25, -0.2) is 4.68 Å². The van der Waals surface area contributed by atoms with Crippen LogP contribution in [-0.4, -0.2) is 44.9 Å². The van der Waals surface area contributed by atoms with Gasteiger partial charge in [-0.3, -0.25) is 19.5 Å². The molecule has 0 aliphatic heterocycles. The molecular formula is C13H19N3O4. The average Bonchev–Trinajstić information content (AvgIpc) is 2.42. The molecule has 20 heavy (non-hydrogen) atoms. The highest BCUT2D eigenvalue weighted by atomic mass is 16.3. The number of nitrogens with one attached hydrogen (secondary N) is 1. The Labute approximate surface area is 115 Å². The van der Waals surface area contributed by atoms with E-state index in [1.54, 1.807) is 7.05 Å². The first-order valence-corrected chi connectivity index (χ1v) is 6.73. The van der Waals surface area contributed by atoms with Crippen LogP contribution in [0.4, 0.5) is 0 Å². The summed E-state index contributed by atoms with van der Waals surface area (Å²) in [7, 11) is 1.62. The first-order valence-electron chi connectivity index (χ1n) is 6.73. The molecule has 2 atom stereocenters. The Morgan fingerprint density at radius 1 is 1.40 bits per heavy atom. The number of amides is 1. The summed E-state index contributed by atoms with van der Waals surface area (Å²) in [6.07, 6.45) is 2.85. The second-order valence-corrected chi connectivity index (χ2v) is 5.16. The summed E-state index contributed by atoms with van der Waals surface area (Å²) in [6, 6.07) is 2.03. The van der Waals surface area contributed by atoms with Crippen LogP contribution < -0.4 is 11.1 Å². The number of aliphatic hydroxyl groups is 1. The van der Waals surface area contributed by atoms with Crippen molar-refractivity contribution in [3.8, 4) is 0 Å². The van der Waals surface area contributed by atoms with Gasteiger partial charge in [0.2, 0.25) is 5.91 Å². The molecule has 1 saturated carbocycles. The Bertz CT molecular complexity index is 592. The molecule has 0 bridgehead atoms. The third-order valence-corrected chi connectivity index (χ3v) is 3.77. The van der Waals surface area contributed by atoms with Gasteiger partial charge in [0.05, 0.1) is 12.1 Å². The van der Waals surface area contributed by atoms with Crippen LogP contribution in [0.3, 0.4) is 0 Å². The Morgan fingerprint density at radius 2 is 2.10 bits per heavy atom. The first kappa shape index (κ1) is 14.5. The minimum Gasteiger partial charge on any atom is -0.391 e. The largest absolute Gasteiger partial charge is 0.391 e. The van der Waals surface area contributed by atoms with Crippen LogP contribution in [0.5, 0.6) is 0 Å². The lowest BCUT2D eigenvalue weighted by Crippen LogP contribution is -2.48. The van der Waals surface area contributed by atoms with Gasteiger partial charge in [0.1, 0.15) is 6.54 Å². The number of hydrogen-bond donors (Lipinski definition) is 2. The van der Waals surface area contributed by atoms with Crippen molar-refractivity contribution < 1.29 is 9.90 Å². The molecular weight excluding hydrogens is 262 g/mol. The molecule has 2 N–H and O–H groups in total. The van der Waals surface area contributed by atoms with Crippen molar-refractivity contribution in [3.63, 3.8) is 0 Å². The van der Waals surface area contributed by atoms with Crippen molar-refractivity contribution in [1.82, 2.24) is 14.7 Å². The summed E-state index contributed by atoms with van der Waals surface area (Å²) >= 11 is 0. The van der Waals surface area contributed by atoms with Crippen molar-refractivity contribution in [3.05, 3.63) is 32.8 Å². The molecule has 110 valence electrons. The molecule has 1 aliphatic rings. The zero-order valence-corrected chi connectivity index (χ0v) is 11.4.